The lowest BCUT2D eigenvalue weighted by atomic mass is 9.87. The van der Waals surface area contributed by atoms with E-state index in [0.29, 0.717) is 20.6 Å². The fraction of sp³-hybridized carbons (Fsp3) is 0.154. The molecule has 0 unspecified atom stereocenters. The van der Waals surface area contributed by atoms with Crippen LogP contribution in [0.1, 0.15) is 15.7 Å². The lowest BCUT2D eigenvalue weighted by Gasteiger charge is -2.29. The van der Waals surface area contributed by atoms with Gasteiger partial charge in [-0.3, -0.25) is 33.9 Å². The fourth-order valence-corrected chi connectivity index (χ4v) is 8.73. The minimum atomic E-state index is -0.845. The minimum absolute atomic E-state index is 0.158. The number of fused-ring (bicyclic) bond motifs is 2. The van der Waals surface area contributed by atoms with Gasteiger partial charge in [0.25, 0.3) is 5.69 Å². The number of non-ortho nitro benzene ring substituents is 1. The van der Waals surface area contributed by atoms with Gasteiger partial charge in [0.1, 0.15) is 11.8 Å². The molecule has 1 saturated heterocycles. The molecule has 6 rings (SSSR count). The quantitative estimate of drug-likeness (QED) is 0.185. The van der Waals surface area contributed by atoms with Crippen molar-refractivity contribution in [2.45, 2.75) is 22.7 Å². The van der Waals surface area contributed by atoms with Gasteiger partial charge in [-0.25, -0.2) is 4.90 Å². The number of thiophene rings is 1. The summed E-state index contributed by atoms with van der Waals surface area (Å²) in [7, 11) is 0. The number of carbonyl (C=O) groups excluding carboxylic acids is 3. The van der Waals surface area contributed by atoms with Crippen LogP contribution in [0.4, 0.5) is 17.1 Å². The van der Waals surface area contributed by atoms with Crippen LogP contribution in [0.5, 0.6) is 0 Å². The van der Waals surface area contributed by atoms with Crippen molar-refractivity contribution in [1.29, 1.82) is 0 Å². The van der Waals surface area contributed by atoms with E-state index in [2.05, 4.69) is 5.32 Å². The van der Waals surface area contributed by atoms with Crippen LogP contribution in [0.2, 0.25) is 5.02 Å². The molecule has 10 nitrogen and oxygen atoms in total. The van der Waals surface area contributed by atoms with Gasteiger partial charge in [0, 0.05) is 38.5 Å². The first-order valence-corrected chi connectivity index (χ1v) is 14.8. The van der Waals surface area contributed by atoms with Gasteiger partial charge in [0.05, 0.1) is 21.6 Å². The third-order valence-electron chi connectivity index (χ3n) is 6.65. The maximum Gasteiger partial charge on any atom is 0.308 e. The highest BCUT2D eigenvalue weighted by atomic mass is 35.5. The summed E-state index contributed by atoms with van der Waals surface area (Å²) in [4.78, 5) is 66.2. The second kappa shape index (κ2) is 10.3. The van der Waals surface area contributed by atoms with Crippen LogP contribution in [0.15, 0.2) is 75.9 Å². The zero-order valence-electron chi connectivity index (χ0n) is 20.2. The van der Waals surface area contributed by atoms with Crippen LogP contribution < -0.4 is 15.1 Å². The molecule has 40 heavy (non-hydrogen) atoms. The second-order valence-electron chi connectivity index (χ2n) is 9.02. The summed E-state index contributed by atoms with van der Waals surface area (Å²) in [5.74, 6) is -2.68. The third kappa shape index (κ3) is 4.54. The number of carbonyl (C=O) groups is 3. The predicted octanol–water partition coefficient (Wildman–Crippen LogP) is 4.97. The van der Waals surface area contributed by atoms with Crippen LogP contribution in [0, 0.1) is 16.0 Å². The number of anilines is 2. The molecule has 2 aromatic carbocycles. The number of nitrogens with one attached hydrogen (secondary N) is 1. The normalized spacial score (nSPS) is 19.8. The number of hydrogen-bond donors (Lipinski definition) is 1. The number of hydrogen-bond acceptors (Lipinski definition) is 9. The smallest absolute Gasteiger partial charge is 0.308 e. The van der Waals surface area contributed by atoms with E-state index in [9.17, 15) is 29.3 Å². The molecule has 0 bridgehead atoms. The number of imide groups is 1. The fourth-order valence-electron chi connectivity index (χ4n) is 4.89. The molecule has 0 saturated carbocycles. The number of thioether (sulfide) groups is 1. The largest absolute Gasteiger partial charge is 0.325 e. The van der Waals surface area contributed by atoms with Gasteiger partial charge in [-0.1, -0.05) is 40.8 Å². The lowest BCUT2D eigenvalue weighted by Crippen LogP contribution is -2.32. The number of benzene rings is 2. The van der Waals surface area contributed by atoms with Crippen molar-refractivity contribution in [3.8, 4) is 0 Å². The van der Waals surface area contributed by atoms with Crippen LogP contribution >= 0.6 is 46.0 Å². The van der Waals surface area contributed by atoms with E-state index < -0.39 is 39.7 Å². The first kappa shape index (κ1) is 26.4. The Kier molecular flexibility index (Phi) is 6.82. The summed E-state index contributed by atoms with van der Waals surface area (Å²) in [6.07, 6.45) is 0. The van der Waals surface area contributed by atoms with Crippen molar-refractivity contribution in [2.75, 3.05) is 10.2 Å². The average molecular weight is 613 g/mol. The molecular weight excluding hydrogens is 596 g/mol. The minimum Gasteiger partial charge on any atom is -0.325 e. The second-order valence-corrected chi connectivity index (χ2v) is 12.6. The van der Waals surface area contributed by atoms with Gasteiger partial charge < -0.3 is 5.32 Å². The number of thiazole rings is 1. The molecule has 1 N–H and O–H groups in total. The van der Waals surface area contributed by atoms with Crippen LogP contribution in [-0.4, -0.2) is 32.5 Å². The standard InChI is InChI=1S/C26H17ClN4O6S3/c27-13-3-5-14(6-4-13)28-18(32)12-29-25-22(40-26(29)35)19(17-2-1-11-38-17)20-21(39-25)24(34)30(23(20)33)15-7-9-16(10-8-15)31(36)37/h1-11,19-21H,12H2,(H,28,32)/t19-,20-,21+/m0/s1. The van der Waals surface area contributed by atoms with Crippen LogP contribution in [0.25, 0.3) is 0 Å². The molecule has 0 spiro atoms. The van der Waals surface area contributed by atoms with Gasteiger partial charge in [-0.2, -0.15) is 0 Å². The molecule has 0 aliphatic carbocycles. The highest BCUT2D eigenvalue weighted by molar-refractivity contribution is 8.00. The molecule has 2 aromatic heterocycles. The van der Waals surface area contributed by atoms with Crippen molar-refractivity contribution in [1.82, 2.24) is 4.57 Å². The van der Waals surface area contributed by atoms with E-state index in [4.69, 9.17) is 11.6 Å². The zero-order valence-corrected chi connectivity index (χ0v) is 23.4. The van der Waals surface area contributed by atoms with E-state index in [1.165, 1.54) is 40.2 Å². The number of halogens is 1. The Morgan fingerprint density at radius 1 is 1.02 bits per heavy atom. The van der Waals surface area contributed by atoms with Gasteiger partial charge in [0.2, 0.25) is 17.7 Å². The average Bonchev–Trinajstić information content (AvgIpc) is 3.63. The first-order chi connectivity index (χ1) is 19.2. The molecular formula is C26H17ClN4O6S3. The summed E-state index contributed by atoms with van der Waals surface area (Å²) in [5, 5.41) is 15.8. The Morgan fingerprint density at radius 3 is 2.40 bits per heavy atom. The molecule has 14 heteroatoms. The third-order valence-corrected chi connectivity index (χ3v) is 10.5. The number of amides is 3. The maximum atomic E-state index is 13.8. The predicted molar refractivity (Wildman–Crippen MR) is 154 cm³/mol. The Labute approximate surface area is 243 Å². The highest BCUT2D eigenvalue weighted by Crippen LogP contribution is 2.54. The topological polar surface area (TPSA) is 132 Å². The van der Waals surface area contributed by atoms with E-state index in [-0.39, 0.29) is 22.8 Å². The van der Waals surface area contributed by atoms with E-state index >= 15 is 0 Å². The summed E-state index contributed by atoms with van der Waals surface area (Å²) in [6, 6.07) is 15.5. The molecule has 4 heterocycles. The summed E-state index contributed by atoms with van der Waals surface area (Å²) >= 11 is 9.40. The maximum absolute atomic E-state index is 13.8. The van der Waals surface area contributed by atoms with Crippen molar-refractivity contribution >= 4 is 80.8 Å². The van der Waals surface area contributed by atoms with Crippen molar-refractivity contribution < 1.29 is 19.3 Å². The van der Waals surface area contributed by atoms with Crippen molar-refractivity contribution in [3.05, 3.63) is 101 Å². The number of nitro benzene ring substituents is 1. The summed E-state index contributed by atoms with van der Waals surface area (Å²) < 4.78 is 1.35. The SMILES string of the molecule is O=C(Cn1c2c(sc1=O)[C@@H](c1cccs1)[C@@H]1C(=O)N(c3ccc([N+](=O)[O-])cc3)C(=O)[C@@H]1S2)Nc1ccc(Cl)cc1. The van der Waals surface area contributed by atoms with Gasteiger partial charge in [0.15, 0.2) is 0 Å². The molecule has 0 radical (unpaired) electrons. The van der Waals surface area contributed by atoms with E-state index in [1.807, 2.05) is 17.5 Å². The Morgan fingerprint density at radius 2 is 1.75 bits per heavy atom. The summed E-state index contributed by atoms with van der Waals surface area (Å²) in [5.41, 5.74) is 0.601. The van der Waals surface area contributed by atoms with Crippen molar-refractivity contribution in [2.24, 2.45) is 5.92 Å². The Balaban J connectivity index is 1.36. The van der Waals surface area contributed by atoms with E-state index in [0.717, 1.165) is 32.9 Å². The number of rotatable bonds is 6. The molecule has 202 valence electrons. The van der Waals surface area contributed by atoms with E-state index in [1.54, 1.807) is 24.3 Å². The van der Waals surface area contributed by atoms with Gasteiger partial charge >= 0.3 is 4.87 Å². The van der Waals surface area contributed by atoms with Crippen molar-refractivity contribution in [3.63, 3.8) is 0 Å². The number of aromatic nitrogens is 1. The Hall–Kier alpha value is -3.78. The molecule has 1 fully saturated rings. The highest BCUT2D eigenvalue weighted by Gasteiger charge is 2.57. The Bertz CT molecular complexity index is 1720. The number of nitrogens with zero attached hydrogens (tertiary/aromatic N) is 3. The summed E-state index contributed by atoms with van der Waals surface area (Å²) in [6.45, 7) is -0.275. The molecule has 4 aromatic rings. The molecule has 2 aliphatic heterocycles. The molecule has 2 aliphatic rings. The zero-order chi connectivity index (χ0) is 28.1. The molecule has 3 atom stereocenters. The lowest BCUT2D eigenvalue weighted by molar-refractivity contribution is -0.384. The first-order valence-electron chi connectivity index (χ1n) is 11.8. The van der Waals surface area contributed by atoms with Gasteiger partial charge in [-0.05, 0) is 47.8 Å². The number of nitro groups is 1. The van der Waals surface area contributed by atoms with Crippen LogP contribution in [0.3, 0.4) is 0 Å². The van der Waals surface area contributed by atoms with Gasteiger partial charge in [-0.15, -0.1) is 11.3 Å². The molecule has 3 amide bonds. The monoisotopic (exact) mass is 612 g/mol. The van der Waals surface area contributed by atoms with Crippen LogP contribution in [-0.2, 0) is 20.9 Å².